The van der Waals surface area contributed by atoms with Crippen molar-refractivity contribution in [3.8, 4) is 44.5 Å². The first-order valence-electron chi connectivity index (χ1n) is 29.5. The average Bonchev–Trinajstić information content (AvgIpc) is 4.27. The summed E-state index contributed by atoms with van der Waals surface area (Å²) in [5.74, 6) is 0.0828. The summed E-state index contributed by atoms with van der Waals surface area (Å²) >= 11 is 0. The number of aromatic nitrogens is 4. The molecule has 3 aromatic heterocycles. The van der Waals surface area contributed by atoms with Crippen LogP contribution in [0.1, 0.15) is 233 Å². The molecule has 0 spiro atoms. The summed E-state index contributed by atoms with van der Waals surface area (Å²) in [7, 11) is 0. The van der Waals surface area contributed by atoms with Crippen LogP contribution < -0.4 is 9.97 Å². The summed E-state index contributed by atoms with van der Waals surface area (Å²) in [4.78, 5) is 23.0. The number of aliphatic hydroxyl groups excluding tert-OH is 1. The molecule has 5 nitrogen and oxygen atoms in total. The largest absolute Gasteiger partial charge is 2.00 e. The van der Waals surface area contributed by atoms with Gasteiger partial charge in [-0.2, -0.15) is 0 Å². The van der Waals surface area contributed by atoms with Crippen molar-refractivity contribution in [1.29, 1.82) is 0 Å². The Bertz CT molecular complexity index is 3760. The number of nitrogens with zero attached hydrogens (tertiary/aromatic N) is 4. The number of hydrogen-bond acceptors (Lipinski definition) is 3. The predicted molar refractivity (Wildman–Crippen MR) is 350 cm³/mol. The molecule has 8 bridgehead atoms. The summed E-state index contributed by atoms with van der Waals surface area (Å²) in [6, 6.07) is 36.7. The molecule has 0 atom stereocenters. The Balaban J connectivity index is 0.00000880. The zero-order chi connectivity index (χ0) is 59.7. The van der Waals surface area contributed by atoms with E-state index >= 15 is 0 Å². The van der Waals surface area contributed by atoms with E-state index in [1.54, 1.807) is 0 Å². The first-order chi connectivity index (χ1) is 37.1. The molecule has 0 radical (unpaired) electrons. The van der Waals surface area contributed by atoms with Gasteiger partial charge in [-0.1, -0.05) is 263 Å². The molecule has 0 aliphatic carbocycles. The van der Waals surface area contributed by atoms with Gasteiger partial charge in [0.2, 0.25) is 0 Å². The van der Waals surface area contributed by atoms with Crippen molar-refractivity contribution in [2.24, 2.45) is 0 Å². The van der Waals surface area contributed by atoms with E-state index in [4.69, 9.17) is 19.9 Å². The fourth-order valence-corrected chi connectivity index (χ4v) is 10.9. The molecule has 82 heavy (non-hydrogen) atoms. The Morgan fingerprint density at radius 2 is 0.512 bits per heavy atom. The van der Waals surface area contributed by atoms with Crippen molar-refractivity contribution in [1.82, 2.24) is 19.9 Å². The third-order valence-corrected chi connectivity index (χ3v) is 16.5. The fraction of sp³-hybridized carbons (Fsp3) is 0.421. The van der Waals surface area contributed by atoms with Gasteiger partial charge in [-0.15, -0.1) is 22.1 Å². The van der Waals surface area contributed by atoms with Crippen LogP contribution in [0.2, 0.25) is 0 Å². The van der Waals surface area contributed by atoms with E-state index in [1.807, 2.05) is 6.08 Å². The van der Waals surface area contributed by atoms with Gasteiger partial charge < -0.3 is 15.1 Å². The number of aliphatic hydroxyl groups is 1. The molecule has 2 aliphatic rings. The number of rotatable bonds is 4. The molecule has 0 saturated heterocycles. The summed E-state index contributed by atoms with van der Waals surface area (Å²) in [6.45, 7) is 54.8. The Kier molecular flexibility index (Phi) is 15.8. The molecule has 9 rings (SSSR count). The van der Waals surface area contributed by atoms with Crippen LogP contribution in [0.15, 0.2) is 97.1 Å². The minimum atomic E-state index is -0.180. The number of fused-ring (bicyclic) bond motifs is 8. The Hall–Kier alpha value is -6.10. The van der Waals surface area contributed by atoms with Crippen LogP contribution in [-0.2, 0) is 62.8 Å². The van der Waals surface area contributed by atoms with Crippen LogP contribution in [0, 0.1) is 0 Å². The van der Waals surface area contributed by atoms with Gasteiger partial charge in [-0.25, -0.2) is 9.97 Å². The van der Waals surface area contributed by atoms with E-state index in [0.717, 1.165) is 78.0 Å². The molecule has 6 heteroatoms. The van der Waals surface area contributed by atoms with Crippen LogP contribution in [0.3, 0.4) is 0 Å². The smallest absolute Gasteiger partial charge is 0.657 e. The molecule has 7 aromatic rings. The van der Waals surface area contributed by atoms with Gasteiger partial charge in [0.1, 0.15) is 11.5 Å². The molecule has 4 aromatic carbocycles. The molecule has 0 fully saturated rings. The van der Waals surface area contributed by atoms with Crippen molar-refractivity contribution >= 4 is 46.1 Å². The second-order valence-electron chi connectivity index (χ2n) is 31.7. The Morgan fingerprint density at radius 1 is 0.293 bits per heavy atom. The van der Waals surface area contributed by atoms with Crippen molar-refractivity contribution in [3.05, 3.63) is 164 Å². The van der Waals surface area contributed by atoms with Crippen molar-refractivity contribution in [2.75, 3.05) is 0 Å². The standard InChI is InChI=1S/C76H92N4O.Zn/c1-69(2,3)48-31-44(32-49(39-48)70(4,5)6)64-56-25-26-57(77-56)65(45-33-50(71(7,8)9)40-51(34-45)72(10,11)12)59-29-30-61(79-59)67(47-37-54(75(19,20)21)42-55(38-47)76(22,23)24)68-63(81)43-62(80-68)66(60-28-27-58(64)78-60)46-35-52(73(13,14)15)41-53(36-46)74(16,17)18;/h25-43H,1-24H3,(H-2,77,78,79,80,81);/q-2;+2. The maximum atomic E-state index is 12.9. The van der Waals surface area contributed by atoms with Crippen LogP contribution in [0.25, 0.3) is 90.6 Å². The molecular weight excluding hydrogens is 1050 g/mol. The number of hydrogen-bond donors (Lipinski definition) is 1. The minimum absolute atomic E-state index is 0. The minimum Gasteiger partial charge on any atom is -0.657 e. The van der Waals surface area contributed by atoms with Crippen molar-refractivity contribution in [3.63, 3.8) is 0 Å². The van der Waals surface area contributed by atoms with Gasteiger partial charge in [0.25, 0.3) is 0 Å². The van der Waals surface area contributed by atoms with Crippen LogP contribution in [0.4, 0.5) is 0 Å². The molecule has 2 aliphatic heterocycles. The van der Waals surface area contributed by atoms with Gasteiger partial charge in [0.15, 0.2) is 0 Å². The molecule has 0 unspecified atom stereocenters. The zero-order valence-electron chi connectivity index (χ0n) is 54.4. The van der Waals surface area contributed by atoms with Crippen LogP contribution >= 0.6 is 0 Å². The second-order valence-corrected chi connectivity index (χ2v) is 31.7. The Morgan fingerprint density at radius 3 is 0.756 bits per heavy atom. The van der Waals surface area contributed by atoms with Crippen molar-refractivity contribution in [2.45, 2.75) is 209 Å². The van der Waals surface area contributed by atoms with Gasteiger partial charge in [-0.05, 0) is 144 Å². The van der Waals surface area contributed by atoms with E-state index in [0.29, 0.717) is 11.4 Å². The quantitative estimate of drug-likeness (QED) is 0.178. The van der Waals surface area contributed by atoms with Gasteiger partial charge in [0.05, 0.1) is 17.1 Å². The van der Waals surface area contributed by atoms with E-state index in [2.05, 4.69) is 275 Å². The maximum absolute atomic E-state index is 12.9. The van der Waals surface area contributed by atoms with E-state index in [1.165, 1.54) is 44.5 Å². The van der Waals surface area contributed by atoms with Gasteiger partial charge in [0, 0.05) is 6.08 Å². The Labute approximate surface area is 505 Å². The average molecular weight is 1140 g/mol. The molecule has 5 heterocycles. The molecule has 0 saturated carbocycles. The number of benzene rings is 4. The third-order valence-electron chi connectivity index (χ3n) is 16.5. The third kappa shape index (κ3) is 12.6. The normalized spacial score (nSPS) is 13.8. The van der Waals surface area contributed by atoms with E-state index < -0.39 is 0 Å². The monoisotopic (exact) mass is 1140 g/mol. The zero-order valence-corrected chi connectivity index (χ0v) is 57.4. The second kappa shape index (κ2) is 20.9. The summed E-state index contributed by atoms with van der Waals surface area (Å²) in [6.07, 6.45) is 6.24. The predicted octanol–water partition coefficient (Wildman–Crippen LogP) is 20.8. The molecular formula is C76H92N4OZn. The fourth-order valence-electron chi connectivity index (χ4n) is 10.9. The molecule has 424 valence electrons. The summed E-state index contributed by atoms with van der Waals surface area (Å²) < 4.78 is 0. The first kappa shape index (κ1) is 62.0. The first-order valence-corrected chi connectivity index (χ1v) is 29.5. The molecule has 1 N–H and O–H groups in total. The van der Waals surface area contributed by atoms with E-state index in [9.17, 15) is 5.11 Å². The van der Waals surface area contributed by atoms with Gasteiger partial charge >= 0.3 is 19.5 Å². The van der Waals surface area contributed by atoms with Crippen LogP contribution in [0.5, 0.6) is 0 Å². The summed E-state index contributed by atoms with van der Waals surface area (Å²) in [5, 5.41) is 12.9. The molecule has 0 amide bonds. The topological polar surface area (TPSA) is 74.2 Å². The summed E-state index contributed by atoms with van der Waals surface area (Å²) in [5.41, 5.74) is 22.0. The van der Waals surface area contributed by atoms with Crippen LogP contribution in [-0.4, -0.2) is 15.1 Å². The van der Waals surface area contributed by atoms with E-state index in [-0.39, 0.29) is 68.6 Å². The maximum Gasteiger partial charge on any atom is 2.00 e. The van der Waals surface area contributed by atoms with Crippen molar-refractivity contribution < 1.29 is 24.6 Å². The van der Waals surface area contributed by atoms with Gasteiger partial charge in [-0.3, -0.25) is 0 Å². The SMILES string of the molecule is CC(C)(C)c1cc(-c2c3nc(c(-c4cc(C(C)(C)C)cc(C(C)(C)C)c4)c4ccc([n-]4)c(-c4cc(C(C)(C)C)cc(C(C)(C)C)c4)c4nc(c(-c5cc(C(C)(C)C)cc(C(C)(C)C)c5)c5ccc2[n-]5)C=C4O)C=C3)cc(C(C)(C)C)c1.[Zn+2].